The first kappa shape index (κ1) is 82.4. The van der Waals surface area contributed by atoms with Gasteiger partial charge >= 0.3 is 0 Å². The number of imidazole rings is 3. The molecule has 3 aliphatic rings. The third kappa shape index (κ3) is 13.6. The Kier molecular flexibility index (Phi) is 19.2. The lowest BCUT2D eigenvalue weighted by Crippen LogP contribution is -2.05. The molecule has 0 spiro atoms. The number of para-hydroxylation sites is 3. The van der Waals surface area contributed by atoms with Gasteiger partial charge in [-0.15, -0.1) is 0 Å². The SMILES string of the molecule is Cc1nc2cccc3c2n1-c1ccc(-c2ccc4c(-c5ccccc5)c5ccccc5c(-c5ccc6ccccc6c5)c4c2)cc1O3.Cc1nc2cccc3c2n1-c1ccc(-c2ccc4c(-c5ccccc5)c5ccccc5c(-c5cccc(-c6ccccc6)c5)c4c2)cc1O3.Cc1nc2cccc3c2n1-c1ccc(-c2ccc4c(-c5ccccc5)c5ccccc5c(-c5cccc6ccccc56)c4c2)cc1O3. The summed E-state index contributed by atoms with van der Waals surface area (Å²) in [5.74, 6) is 7.87. The smallest absolute Gasteiger partial charge is 0.153 e. The van der Waals surface area contributed by atoms with Gasteiger partial charge in [0.25, 0.3) is 0 Å². The molecule has 670 valence electrons. The molecular weight excluding hydrogens is 1740 g/mol. The van der Waals surface area contributed by atoms with Gasteiger partial charge in [-0.25, -0.2) is 15.0 Å². The second-order valence-electron chi connectivity index (χ2n) is 37.5. The molecule has 0 saturated carbocycles. The van der Waals surface area contributed by atoms with E-state index >= 15 is 0 Å². The zero-order chi connectivity index (χ0) is 94.6. The highest BCUT2D eigenvalue weighted by Gasteiger charge is 2.31. The molecule has 30 rings (SSSR count). The van der Waals surface area contributed by atoms with Crippen molar-refractivity contribution in [1.82, 2.24) is 28.7 Å². The fourth-order valence-electron chi connectivity index (χ4n) is 23.0. The normalized spacial score (nSPS) is 12.0. The molecule has 0 unspecified atom stereocenters. The highest BCUT2D eigenvalue weighted by atomic mass is 16.5. The van der Waals surface area contributed by atoms with Crippen molar-refractivity contribution >= 4 is 119 Å². The third-order valence-electron chi connectivity index (χ3n) is 29.3. The molecule has 0 N–H and O–H groups in total. The van der Waals surface area contributed by atoms with E-state index in [2.05, 4.69) is 447 Å². The van der Waals surface area contributed by atoms with Gasteiger partial charge in [-0.3, -0.25) is 13.7 Å². The topological polar surface area (TPSA) is 81.1 Å². The number of hydrogen-bond donors (Lipinski definition) is 0. The van der Waals surface area contributed by atoms with Gasteiger partial charge in [-0.1, -0.05) is 364 Å². The molecule has 0 fully saturated rings. The van der Waals surface area contributed by atoms with Gasteiger partial charge in [0.15, 0.2) is 34.5 Å². The Morgan fingerprint density at radius 1 is 0.161 bits per heavy atom. The number of nitrogens with zero attached hydrogens (tertiary/aromatic N) is 6. The zero-order valence-corrected chi connectivity index (χ0v) is 78.4. The molecule has 0 aliphatic carbocycles. The van der Waals surface area contributed by atoms with Crippen molar-refractivity contribution in [2.24, 2.45) is 0 Å². The van der Waals surface area contributed by atoms with Crippen LogP contribution in [0.3, 0.4) is 0 Å². The molecular formula is C134H86N6O3. The Bertz CT molecular complexity index is 9980. The third-order valence-corrected chi connectivity index (χ3v) is 29.3. The highest BCUT2D eigenvalue weighted by Crippen LogP contribution is 2.54. The number of hydrogen-bond acceptors (Lipinski definition) is 6. The molecule has 0 saturated heterocycles. The summed E-state index contributed by atoms with van der Waals surface area (Å²) in [7, 11) is 0. The molecule has 27 aromatic rings. The van der Waals surface area contributed by atoms with Crippen LogP contribution in [0.15, 0.2) is 467 Å². The monoisotopic (exact) mass is 1830 g/mol. The summed E-state index contributed by atoms with van der Waals surface area (Å²) in [6.45, 7) is 6.16. The summed E-state index contributed by atoms with van der Waals surface area (Å²) in [5.41, 5.74) is 33.0. The second-order valence-corrected chi connectivity index (χ2v) is 37.5. The van der Waals surface area contributed by atoms with E-state index in [-0.39, 0.29) is 0 Å². The standard InChI is InChI=1S/C46H30N2O.2C44H28N2O/c1-29-47-40-20-11-21-42-46(40)48(29)41-25-23-34(28-43(41)49-42)33-22-24-38-39(27-33)45(35-17-10-16-32(26-35)30-12-4-2-5-13-30)37-19-9-8-18-36(37)44(38)31-14-6-3-7-15-31;1-27-45-38-19-10-20-40-44(38)46(27)39-24-22-31(26-41(39)47-40)30-21-23-36-37(25-30)43(33-18-9-14-28-11-5-6-15-32(28)33)35-17-8-7-16-34(35)42(36)29-12-3-2-4-13-29;1-27-45-38-16-9-17-40-44(38)46(27)39-23-21-32(26-41(39)47-40)31-20-22-36-37(25-31)43(33-19-18-28-10-5-6-13-30(28)24-33)35-15-8-7-14-34(35)42(36)29-11-3-2-4-12-29/h2-28H,1H3;2*2-26H,1H3. The van der Waals surface area contributed by atoms with Gasteiger partial charge in [0.1, 0.15) is 34.0 Å². The maximum Gasteiger partial charge on any atom is 0.153 e. The number of rotatable bonds is 10. The van der Waals surface area contributed by atoms with Crippen LogP contribution in [0, 0.1) is 20.8 Å². The van der Waals surface area contributed by atoms with Crippen LogP contribution in [-0.4, -0.2) is 28.7 Å². The van der Waals surface area contributed by atoms with Crippen LogP contribution in [-0.2, 0) is 0 Å². The van der Waals surface area contributed by atoms with E-state index < -0.39 is 0 Å². The average molecular weight is 1830 g/mol. The minimum absolute atomic E-state index is 0.831. The minimum atomic E-state index is 0.831. The molecule has 6 heterocycles. The molecule has 3 aliphatic heterocycles. The molecule has 143 heavy (non-hydrogen) atoms. The number of ether oxygens (including phenoxy) is 3. The molecule has 9 nitrogen and oxygen atoms in total. The van der Waals surface area contributed by atoms with Gasteiger partial charge in [0, 0.05) is 0 Å². The van der Waals surface area contributed by atoms with Gasteiger partial charge < -0.3 is 14.2 Å². The molecule has 24 aromatic carbocycles. The Balaban J connectivity index is 0.000000105. The molecule has 0 bridgehead atoms. The van der Waals surface area contributed by atoms with Crippen LogP contribution < -0.4 is 14.2 Å². The molecule has 0 amide bonds. The van der Waals surface area contributed by atoms with Gasteiger partial charge in [0.05, 0.1) is 33.6 Å². The van der Waals surface area contributed by atoms with Crippen LogP contribution in [0.4, 0.5) is 0 Å². The number of aromatic nitrogens is 6. The fourth-order valence-corrected chi connectivity index (χ4v) is 23.0. The first-order valence-electron chi connectivity index (χ1n) is 48.8. The van der Waals surface area contributed by atoms with Crippen molar-refractivity contribution in [3.05, 3.63) is 485 Å². The van der Waals surface area contributed by atoms with E-state index in [0.29, 0.717) is 0 Å². The Morgan fingerprint density at radius 3 is 0.846 bits per heavy atom. The van der Waals surface area contributed by atoms with Crippen molar-refractivity contribution in [3.63, 3.8) is 0 Å². The Morgan fingerprint density at radius 2 is 0.434 bits per heavy atom. The lowest BCUT2D eigenvalue weighted by atomic mass is 9.84. The summed E-state index contributed by atoms with van der Waals surface area (Å²) in [4.78, 5) is 14.4. The van der Waals surface area contributed by atoms with Crippen molar-refractivity contribution < 1.29 is 14.2 Å². The zero-order valence-electron chi connectivity index (χ0n) is 78.4. The summed E-state index contributed by atoms with van der Waals surface area (Å²) in [5, 5.41) is 19.8. The predicted octanol–water partition coefficient (Wildman–Crippen LogP) is 36.2. The highest BCUT2D eigenvalue weighted by molar-refractivity contribution is 6.27. The first-order valence-corrected chi connectivity index (χ1v) is 48.8. The molecule has 0 atom stereocenters. The lowest BCUT2D eigenvalue weighted by Gasteiger charge is -2.22. The number of aryl methyl sites for hydroxylation is 3. The summed E-state index contributed by atoms with van der Waals surface area (Å²) >= 11 is 0. The van der Waals surface area contributed by atoms with Crippen LogP contribution in [0.2, 0.25) is 0 Å². The molecule has 0 radical (unpaired) electrons. The van der Waals surface area contributed by atoms with Crippen molar-refractivity contribution in [2.75, 3.05) is 0 Å². The Hall–Kier alpha value is -18.8. The number of benzene rings is 24. The number of fused-ring (bicyclic) bond motifs is 14. The lowest BCUT2D eigenvalue weighted by molar-refractivity contribution is 0.475. The van der Waals surface area contributed by atoms with E-state index in [0.717, 1.165) is 136 Å². The quantitative estimate of drug-likeness (QED) is 0.127. The summed E-state index contributed by atoms with van der Waals surface area (Å²) in [6.07, 6.45) is 0. The maximum absolute atomic E-state index is 6.53. The van der Waals surface area contributed by atoms with Crippen LogP contribution >= 0.6 is 0 Å². The van der Waals surface area contributed by atoms with E-state index in [4.69, 9.17) is 29.2 Å². The van der Waals surface area contributed by atoms with Crippen LogP contribution in [0.5, 0.6) is 34.5 Å². The maximum atomic E-state index is 6.53. The van der Waals surface area contributed by atoms with Crippen molar-refractivity contribution in [3.8, 4) is 163 Å². The van der Waals surface area contributed by atoms with Crippen LogP contribution in [0.25, 0.3) is 248 Å². The van der Waals surface area contributed by atoms with Crippen LogP contribution in [0.1, 0.15) is 17.5 Å². The van der Waals surface area contributed by atoms with E-state index in [1.807, 2.05) is 54.6 Å². The fraction of sp³-hybridized carbons (Fsp3) is 0.0224. The Labute approximate surface area is 824 Å². The second kappa shape index (κ2) is 33.2. The van der Waals surface area contributed by atoms with E-state index in [9.17, 15) is 0 Å². The summed E-state index contributed by atoms with van der Waals surface area (Å²) < 4.78 is 26.2. The van der Waals surface area contributed by atoms with Gasteiger partial charge in [-0.2, -0.15) is 0 Å². The van der Waals surface area contributed by atoms with Gasteiger partial charge in [0.2, 0.25) is 0 Å². The average Bonchev–Trinajstić information content (AvgIpc) is 1.72. The molecule has 3 aromatic heterocycles. The largest absolute Gasteiger partial charge is 0.453 e. The van der Waals surface area contributed by atoms with E-state index in [1.54, 1.807) is 0 Å². The van der Waals surface area contributed by atoms with E-state index in [1.165, 1.54) is 164 Å². The predicted molar refractivity (Wildman–Crippen MR) is 592 cm³/mol. The van der Waals surface area contributed by atoms with Crippen molar-refractivity contribution in [1.29, 1.82) is 0 Å². The first-order chi connectivity index (χ1) is 70.6. The van der Waals surface area contributed by atoms with Crippen molar-refractivity contribution in [2.45, 2.75) is 20.8 Å². The molecule has 9 heteroatoms. The van der Waals surface area contributed by atoms with Gasteiger partial charge in [-0.05, 0) is 321 Å². The minimum Gasteiger partial charge on any atom is -0.453 e. The summed E-state index contributed by atoms with van der Waals surface area (Å²) in [6, 6.07) is 168.